The minimum Gasteiger partial charge on any atom is -0.375 e. The van der Waals surface area contributed by atoms with E-state index < -0.39 is 5.60 Å². The largest absolute Gasteiger partial charge is 0.375 e. The number of carbonyl (C=O) groups excluding carboxylic acids is 1. The first-order chi connectivity index (χ1) is 17.0. The summed E-state index contributed by atoms with van der Waals surface area (Å²) < 4.78 is 1.96. The van der Waals surface area contributed by atoms with Gasteiger partial charge < -0.3 is 15.3 Å². The summed E-state index contributed by atoms with van der Waals surface area (Å²) in [5, 5.41) is 21.4. The van der Waals surface area contributed by atoms with E-state index in [2.05, 4.69) is 20.4 Å². The van der Waals surface area contributed by atoms with Crippen molar-refractivity contribution >= 4 is 28.9 Å². The maximum absolute atomic E-state index is 12.5. The van der Waals surface area contributed by atoms with Crippen molar-refractivity contribution in [3.63, 3.8) is 0 Å². The lowest BCUT2D eigenvalue weighted by Gasteiger charge is -2.21. The zero-order valence-corrected chi connectivity index (χ0v) is 20.1. The molecule has 4 aromatic rings. The monoisotopic (exact) mass is 487 g/mol. The van der Waals surface area contributed by atoms with Gasteiger partial charge in [0.25, 0.3) is 5.91 Å². The SMILES string of the molecule is CN1CC[C@@](O)(c2cccc(-c3csc(-c4ccnc(Nc5cnn(CC6CC6)c5)n4)n3)c2)C1=O. The zero-order valence-electron chi connectivity index (χ0n) is 19.3. The second-order valence-electron chi connectivity index (χ2n) is 9.24. The van der Waals surface area contributed by atoms with Crippen LogP contribution in [0.4, 0.5) is 11.6 Å². The molecular weight excluding hydrogens is 462 g/mol. The molecule has 0 bridgehead atoms. The van der Waals surface area contributed by atoms with Gasteiger partial charge >= 0.3 is 0 Å². The number of likely N-dealkylation sites (tertiary alicyclic amines) is 1. The maximum atomic E-state index is 12.5. The molecular formula is C25H25N7O2S. The van der Waals surface area contributed by atoms with Crippen LogP contribution in [-0.4, -0.2) is 54.2 Å². The number of benzene rings is 1. The van der Waals surface area contributed by atoms with Crippen LogP contribution >= 0.6 is 11.3 Å². The molecule has 0 radical (unpaired) electrons. The highest BCUT2D eigenvalue weighted by Gasteiger charge is 2.45. The van der Waals surface area contributed by atoms with Gasteiger partial charge in [-0.2, -0.15) is 5.10 Å². The van der Waals surface area contributed by atoms with Crippen molar-refractivity contribution in [2.24, 2.45) is 5.92 Å². The van der Waals surface area contributed by atoms with Gasteiger partial charge in [0, 0.05) is 49.9 Å². The Morgan fingerprint density at radius 1 is 1.23 bits per heavy atom. The van der Waals surface area contributed by atoms with Crippen molar-refractivity contribution in [3.05, 3.63) is 59.9 Å². The fourth-order valence-electron chi connectivity index (χ4n) is 4.34. The number of aromatic nitrogens is 5. The van der Waals surface area contributed by atoms with Gasteiger partial charge in [0.15, 0.2) is 5.60 Å². The Bertz CT molecular complexity index is 1400. The van der Waals surface area contributed by atoms with Gasteiger partial charge in [-0.25, -0.2) is 15.0 Å². The molecule has 0 spiro atoms. The Morgan fingerprint density at radius 3 is 2.91 bits per heavy atom. The summed E-state index contributed by atoms with van der Waals surface area (Å²) in [7, 11) is 1.71. The lowest BCUT2D eigenvalue weighted by Crippen LogP contribution is -2.36. The third-order valence-corrected chi connectivity index (χ3v) is 7.42. The molecule has 2 N–H and O–H groups in total. The molecule has 1 aliphatic heterocycles. The molecule has 1 aliphatic carbocycles. The molecule has 2 aliphatic rings. The standard InChI is InChI=1S/C25H25N7O2S/c1-31-10-8-25(34,23(31)33)18-4-2-3-17(11-18)21-15-35-22(29-21)20-7-9-26-24(30-20)28-19-12-27-32(14-19)13-16-5-6-16/h2-4,7,9,11-12,14-16,34H,5-6,8,10,13H2,1H3,(H,26,28,30)/t25-/m1/s1. The zero-order chi connectivity index (χ0) is 24.0. The highest BCUT2D eigenvalue weighted by Crippen LogP contribution is 2.36. The Balaban J connectivity index is 1.21. The summed E-state index contributed by atoms with van der Waals surface area (Å²) in [6, 6.07) is 9.26. The van der Waals surface area contributed by atoms with Crippen molar-refractivity contribution in [1.29, 1.82) is 0 Å². The molecule has 2 fully saturated rings. The van der Waals surface area contributed by atoms with Crippen LogP contribution in [-0.2, 0) is 16.9 Å². The van der Waals surface area contributed by atoms with Gasteiger partial charge in [-0.1, -0.05) is 18.2 Å². The van der Waals surface area contributed by atoms with Crippen molar-refractivity contribution < 1.29 is 9.90 Å². The molecule has 178 valence electrons. The fraction of sp³-hybridized carbons (Fsp3) is 0.320. The molecule has 10 heteroatoms. The lowest BCUT2D eigenvalue weighted by atomic mass is 9.90. The summed E-state index contributed by atoms with van der Waals surface area (Å²) in [5.41, 5.74) is 2.29. The minimum atomic E-state index is -1.48. The van der Waals surface area contributed by atoms with Gasteiger partial charge in [-0.15, -0.1) is 11.3 Å². The highest BCUT2D eigenvalue weighted by atomic mass is 32.1. The van der Waals surface area contributed by atoms with Crippen LogP contribution < -0.4 is 5.32 Å². The average molecular weight is 488 g/mol. The predicted octanol–water partition coefficient (Wildman–Crippen LogP) is 3.67. The number of nitrogens with zero attached hydrogens (tertiary/aromatic N) is 6. The quantitative estimate of drug-likeness (QED) is 0.409. The third kappa shape index (κ3) is 4.30. The minimum absolute atomic E-state index is 0.271. The molecule has 9 nitrogen and oxygen atoms in total. The van der Waals surface area contributed by atoms with Gasteiger partial charge in [-0.3, -0.25) is 9.48 Å². The number of rotatable bonds is 7. The van der Waals surface area contributed by atoms with E-state index in [1.54, 1.807) is 30.4 Å². The van der Waals surface area contributed by atoms with Gasteiger partial charge in [0.1, 0.15) is 10.7 Å². The van der Waals surface area contributed by atoms with E-state index in [0.717, 1.165) is 34.4 Å². The van der Waals surface area contributed by atoms with Crippen LogP contribution in [0.25, 0.3) is 22.0 Å². The van der Waals surface area contributed by atoms with E-state index in [9.17, 15) is 9.90 Å². The molecule has 3 aromatic heterocycles. The summed E-state index contributed by atoms with van der Waals surface area (Å²) in [4.78, 5) is 27.8. The number of aliphatic hydroxyl groups is 1. The smallest absolute Gasteiger partial charge is 0.258 e. The summed E-state index contributed by atoms with van der Waals surface area (Å²) in [6.45, 7) is 1.49. The molecule has 35 heavy (non-hydrogen) atoms. The van der Waals surface area contributed by atoms with Crippen molar-refractivity contribution in [2.45, 2.75) is 31.4 Å². The van der Waals surface area contributed by atoms with E-state index in [0.29, 0.717) is 30.2 Å². The molecule has 1 amide bonds. The van der Waals surface area contributed by atoms with Gasteiger partial charge in [0.05, 0.1) is 17.6 Å². The van der Waals surface area contributed by atoms with Gasteiger partial charge in [0.2, 0.25) is 5.95 Å². The normalized spacial score (nSPS) is 19.9. The lowest BCUT2D eigenvalue weighted by molar-refractivity contribution is -0.143. The van der Waals surface area contributed by atoms with Crippen LogP contribution in [0, 0.1) is 5.92 Å². The fourth-order valence-corrected chi connectivity index (χ4v) is 5.14. The number of carbonyl (C=O) groups is 1. The van der Waals surface area contributed by atoms with Gasteiger partial charge in [-0.05, 0) is 36.5 Å². The number of hydrogen-bond acceptors (Lipinski definition) is 8. The predicted molar refractivity (Wildman–Crippen MR) is 133 cm³/mol. The summed E-state index contributed by atoms with van der Waals surface area (Å²) in [5.74, 6) is 0.969. The first-order valence-corrected chi connectivity index (χ1v) is 12.5. The average Bonchev–Trinajstić information content (AvgIpc) is 3.25. The first-order valence-electron chi connectivity index (χ1n) is 11.7. The van der Waals surface area contributed by atoms with E-state index in [4.69, 9.17) is 4.98 Å². The molecule has 1 saturated heterocycles. The van der Waals surface area contributed by atoms with E-state index >= 15 is 0 Å². The number of amides is 1. The third-order valence-electron chi connectivity index (χ3n) is 6.56. The van der Waals surface area contributed by atoms with Crippen molar-refractivity contribution in [3.8, 4) is 22.0 Å². The number of nitrogens with one attached hydrogen (secondary N) is 1. The van der Waals surface area contributed by atoms with E-state index in [1.165, 1.54) is 24.2 Å². The van der Waals surface area contributed by atoms with E-state index in [-0.39, 0.29) is 5.91 Å². The molecule has 6 rings (SSSR count). The highest BCUT2D eigenvalue weighted by molar-refractivity contribution is 7.13. The Kier molecular flexibility index (Phi) is 5.34. The molecule has 0 unspecified atom stereocenters. The second-order valence-corrected chi connectivity index (χ2v) is 10.1. The van der Waals surface area contributed by atoms with Crippen LogP contribution in [0.1, 0.15) is 24.8 Å². The van der Waals surface area contributed by atoms with Crippen molar-refractivity contribution in [1.82, 2.24) is 29.6 Å². The topological polar surface area (TPSA) is 109 Å². The van der Waals surface area contributed by atoms with E-state index in [1.807, 2.05) is 40.5 Å². The molecule has 1 saturated carbocycles. The van der Waals surface area contributed by atoms with Crippen LogP contribution in [0.3, 0.4) is 0 Å². The molecule has 1 atom stereocenters. The van der Waals surface area contributed by atoms with Crippen molar-refractivity contribution in [2.75, 3.05) is 18.9 Å². The Hall–Kier alpha value is -3.63. The summed E-state index contributed by atoms with van der Waals surface area (Å²) >= 11 is 1.49. The number of thiazole rings is 1. The second kappa shape index (κ2) is 8.54. The number of hydrogen-bond donors (Lipinski definition) is 2. The molecule has 4 heterocycles. The summed E-state index contributed by atoms with van der Waals surface area (Å²) in [6.07, 6.45) is 8.41. The first kappa shape index (κ1) is 21.9. The number of likely N-dealkylation sites (N-methyl/N-ethyl adjacent to an activating group) is 1. The van der Waals surface area contributed by atoms with Crippen LogP contribution in [0.2, 0.25) is 0 Å². The van der Waals surface area contributed by atoms with Crippen LogP contribution in [0.15, 0.2) is 54.3 Å². The Labute approximate surface area is 206 Å². The maximum Gasteiger partial charge on any atom is 0.258 e. The Morgan fingerprint density at radius 2 is 2.11 bits per heavy atom. The van der Waals surface area contributed by atoms with Crippen LogP contribution in [0.5, 0.6) is 0 Å². The number of anilines is 2. The molecule has 1 aromatic carbocycles.